The van der Waals surface area contributed by atoms with Crippen molar-refractivity contribution in [3.05, 3.63) is 57.6 Å². The van der Waals surface area contributed by atoms with Gasteiger partial charge in [0, 0.05) is 20.9 Å². The van der Waals surface area contributed by atoms with Crippen LogP contribution in [-0.2, 0) is 0 Å². The molecule has 14 heteroatoms. The van der Waals surface area contributed by atoms with Crippen molar-refractivity contribution in [1.82, 2.24) is 0 Å². The molecule has 0 aromatic heterocycles. The molecule has 2 rings (SSSR count). The molecule has 0 radical (unpaired) electrons. The van der Waals surface area contributed by atoms with Gasteiger partial charge in [-0.3, -0.25) is 28.8 Å². The lowest BCUT2D eigenvalue weighted by Crippen LogP contribution is -2.06. The lowest BCUT2D eigenvalue weighted by atomic mass is 10.1. The van der Waals surface area contributed by atoms with Gasteiger partial charge in [0.15, 0.2) is 0 Å². The SMILES string of the molecule is O=C(Cl)c1cc(C(=O)Cl)c(SSc2c(C(=O)Cl)cc(C(=O)Cl)cc2C(=O)Cl)c(C(=O)Cl)c1. The normalized spacial score (nSPS) is 10.6. The number of carbonyl (C=O) groups excluding carboxylic acids is 6. The monoisotopic (exact) mass is 590 g/mol. The maximum Gasteiger partial charge on any atom is 0.253 e. The Labute approximate surface area is 217 Å². The molecule has 166 valence electrons. The summed E-state index contributed by atoms with van der Waals surface area (Å²) >= 11 is 33.2. The van der Waals surface area contributed by atoms with Crippen LogP contribution in [0, 0.1) is 0 Å². The molecule has 0 aliphatic rings. The predicted octanol–water partition coefficient (Wildman–Crippen LogP) is 6.76. The first-order valence-electron chi connectivity index (χ1n) is 7.74. The Morgan fingerprint density at radius 3 is 0.812 bits per heavy atom. The van der Waals surface area contributed by atoms with Crippen molar-refractivity contribution in [1.29, 1.82) is 0 Å². The van der Waals surface area contributed by atoms with Gasteiger partial charge in [-0.1, -0.05) is 21.6 Å². The Hall–Kier alpha value is -1.10. The van der Waals surface area contributed by atoms with Gasteiger partial charge in [0.05, 0.1) is 22.3 Å². The zero-order valence-electron chi connectivity index (χ0n) is 14.8. The second-order valence-electron chi connectivity index (χ2n) is 5.61. The highest BCUT2D eigenvalue weighted by Crippen LogP contribution is 2.45. The largest absolute Gasteiger partial charge is 0.276 e. The van der Waals surface area contributed by atoms with Gasteiger partial charge in [-0.25, -0.2) is 0 Å². The van der Waals surface area contributed by atoms with Crippen LogP contribution in [0.1, 0.15) is 62.1 Å². The molecule has 2 aromatic carbocycles. The molecular weight excluding hydrogens is 589 g/mol. The molecule has 0 unspecified atom stereocenters. The van der Waals surface area contributed by atoms with Crippen LogP contribution in [0.5, 0.6) is 0 Å². The molecule has 0 N–H and O–H groups in total. The third kappa shape index (κ3) is 6.27. The second kappa shape index (κ2) is 11.4. The molecule has 0 atom stereocenters. The van der Waals surface area contributed by atoms with Crippen LogP contribution in [-0.4, -0.2) is 31.5 Å². The minimum absolute atomic E-state index is 0.0879. The minimum Gasteiger partial charge on any atom is -0.276 e. The highest BCUT2D eigenvalue weighted by molar-refractivity contribution is 8.76. The van der Waals surface area contributed by atoms with E-state index in [-0.39, 0.29) is 43.2 Å². The predicted molar refractivity (Wildman–Crippen MR) is 126 cm³/mol. The zero-order valence-corrected chi connectivity index (χ0v) is 21.0. The number of halogens is 6. The number of benzene rings is 2. The van der Waals surface area contributed by atoms with Crippen LogP contribution >= 0.6 is 91.2 Å². The maximum atomic E-state index is 11.9. The van der Waals surface area contributed by atoms with E-state index < -0.39 is 31.5 Å². The van der Waals surface area contributed by atoms with E-state index in [1.54, 1.807) is 0 Å². The van der Waals surface area contributed by atoms with Gasteiger partial charge in [0.2, 0.25) is 0 Å². The van der Waals surface area contributed by atoms with Crippen molar-refractivity contribution in [3.63, 3.8) is 0 Å². The van der Waals surface area contributed by atoms with Gasteiger partial charge in [-0.2, -0.15) is 0 Å². The summed E-state index contributed by atoms with van der Waals surface area (Å²) in [6.07, 6.45) is 0. The van der Waals surface area contributed by atoms with Crippen LogP contribution in [0.3, 0.4) is 0 Å². The minimum atomic E-state index is -1.04. The van der Waals surface area contributed by atoms with Gasteiger partial charge in [0.25, 0.3) is 31.5 Å². The second-order valence-corrected chi connectivity index (χ2v) is 9.82. The molecule has 6 nitrogen and oxygen atoms in total. The molecule has 0 saturated carbocycles. The van der Waals surface area contributed by atoms with Gasteiger partial charge in [0.1, 0.15) is 0 Å². The van der Waals surface area contributed by atoms with E-state index in [9.17, 15) is 28.8 Å². The third-order valence-corrected chi connectivity index (χ3v) is 7.48. The van der Waals surface area contributed by atoms with Gasteiger partial charge < -0.3 is 0 Å². The third-order valence-electron chi connectivity index (χ3n) is 3.69. The molecule has 0 spiro atoms. The van der Waals surface area contributed by atoms with Gasteiger partial charge >= 0.3 is 0 Å². The fourth-order valence-corrected chi connectivity index (χ4v) is 6.08. The van der Waals surface area contributed by atoms with E-state index in [4.69, 9.17) is 69.6 Å². The molecular formula is C18H4Cl6O6S2. The fourth-order valence-electron chi connectivity index (χ4n) is 2.33. The Bertz CT molecular complexity index is 1050. The number of hydrogen-bond acceptors (Lipinski definition) is 8. The Balaban J connectivity index is 2.71. The number of hydrogen-bond donors (Lipinski definition) is 0. The van der Waals surface area contributed by atoms with Crippen LogP contribution in [0.4, 0.5) is 0 Å². The van der Waals surface area contributed by atoms with E-state index in [0.29, 0.717) is 21.6 Å². The van der Waals surface area contributed by atoms with Crippen LogP contribution < -0.4 is 0 Å². The van der Waals surface area contributed by atoms with Crippen molar-refractivity contribution in [2.45, 2.75) is 9.79 Å². The highest BCUT2D eigenvalue weighted by Gasteiger charge is 2.25. The summed E-state index contributed by atoms with van der Waals surface area (Å²) in [6.45, 7) is 0. The maximum absolute atomic E-state index is 11.9. The van der Waals surface area contributed by atoms with Crippen molar-refractivity contribution >= 4 is 123 Å². The first-order valence-corrected chi connectivity index (χ1v) is 12.2. The first kappa shape index (κ1) is 27.1. The highest BCUT2D eigenvalue weighted by atomic mass is 35.5. The van der Waals surface area contributed by atoms with Gasteiger partial charge in [-0.05, 0) is 93.9 Å². The molecule has 0 fully saturated rings. The molecule has 0 heterocycles. The van der Waals surface area contributed by atoms with E-state index in [2.05, 4.69) is 0 Å². The van der Waals surface area contributed by atoms with Crippen LogP contribution in [0.15, 0.2) is 34.1 Å². The fraction of sp³-hybridized carbons (Fsp3) is 0. The molecule has 32 heavy (non-hydrogen) atoms. The number of carbonyl (C=O) groups is 6. The summed E-state index contributed by atoms with van der Waals surface area (Å²) in [7, 11) is 1.39. The van der Waals surface area contributed by atoms with Gasteiger partial charge in [-0.15, -0.1) is 0 Å². The van der Waals surface area contributed by atoms with Crippen molar-refractivity contribution < 1.29 is 28.8 Å². The van der Waals surface area contributed by atoms with E-state index >= 15 is 0 Å². The Morgan fingerprint density at radius 2 is 0.656 bits per heavy atom. The first-order chi connectivity index (χ1) is 14.8. The van der Waals surface area contributed by atoms with Crippen LogP contribution in [0.25, 0.3) is 0 Å². The zero-order chi connectivity index (χ0) is 24.3. The smallest absolute Gasteiger partial charge is 0.253 e. The molecule has 0 amide bonds. The molecule has 0 aliphatic carbocycles. The Morgan fingerprint density at radius 1 is 0.438 bits per heavy atom. The summed E-state index contributed by atoms with van der Waals surface area (Å²) in [6, 6.07) is 4.20. The van der Waals surface area contributed by atoms with Crippen molar-refractivity contribution in [2.24, 2.45) is 0 Å². The van der Waals surface area contributed by atoms with Crippen LogP contribution in [0.2, 0.25) is 0 Å². The average molecular weight is 593 g/mol. The Kier molecular flexibility index (Phi) is 9.63. The molecule has 0 bridgehead atoms. The molecule has 0 saturated heterocycles. The van der Waals surface area contributed by atoms with E-state index in [0.717, 1.165) is 24.3 Å². The topological polar surface area (TPSA) is 102 Å². The van der Waals surface area contributed by atoms with E-state index in [1.807, 2.05) is 0 Å². The molecule has 2 aromatic rings. The summed E-state index contributed by atoms with van der Waals surface area (Å²) in [4.78, 5) is 70.6. The number of rotatable bonds is 9. The summed E-state index contributed by atoms with van der Waals surface area (Å²) < 4.78 is 0. The lowest BCUT2D eigenvalue weighted by Gasteiger charge is -2.14. The van der Waals surface area contributed by atoms with Crippen molar-refractivity contribution in [3.8, 4) is 0 Å². The van der Waals surface area contributed by atoms with Crippen molar-refractivity contribution in [2.75, 3.05) is 0 Å². The molecule has 0 aliphatic heterocycles. The summed E-state index contributed by atoms with van der Waals surface area (Å²) in [5.41, 5.74) is -1.58. The summed E-state index contributed by atoms with van der Waals surface area (Å²) in [5.74, 6) is 0. The standard InChI is InChI=1S/C18H4Cl6O6S2/c19-13(25)5-1-7(15(21)27)11(8(2-5)16(22)28)31-32-12-9(17(23)29)3-6(14(20)26)4-10(12)18(24)30/h1-4H. The quantitative estimate of drug-likeness (QED) is 0.232. The van der Waals surface area contributed by atoms with E-state index in [1.165, 1.54) is 0 Å². The summed E-state index contributed by atoms with van der Waals surface area (Å²) in [5, 5.41) is -6.12. The lowest BCUT2D eigenvalue weighted by molar-refractivity contribution is 0.105. The average Bonchev–Trinajstić information content (AvgIpc) is 2.70.